The van der Waals surface area contributed by atoms with E-state index in [0.29, 0.717) is 17.0 Å². The first kappa shape index (κ1) is 19.6. The highest BCUT2D eigenvalue weighted by Crippen LogP contribution is 2.19. The fourth-order valence-corrected chi connectivity index (χ4v) is 2.25. The zero-order valence-corrected chi connectivity index (χ0v) is 14.9. The summed E-state index contributed by atoms with van der Waals surface area (Å²) in [7, 11) is 3.02. The van der Waals surface area contributed by atoms with Gasteiger partial charge >= 0.3 is 0 Å². The summed E-state index contributed by atoms with van der Waals surface area (Å²) < 4.78 is 5.04. The number of likely N-dealkylation sites (N-methyl/N-ethyl adjacent to an activating group) is 1. The second kappa shape index (κ2) is 9.14. The zero-order valence-electron chi connectivity index (χ0n) is 14.9. The van der Waals surface area contributed by atoms with E-state index in [1.807, 2.05) is 0 Å². The summed E-state index contributed by atoms with van der Waals surface area (Å²) in [5, 5.41) is 13.7. The Balaban J connectivity index is 1.94. The van der Waals surface area contributed by atoms with Gasteiger partial charge < -0.3 is 15.0 Å². The molecule has 0 bridgehead atoms. The highest BCUT2D eigenvalue weighted by atomic mass is 16.6. The van der Waals surface area contributed by atoms with Crippen molar-refractivity contribution in [2.75, 3.05) is 26.0 Å². The predicted molar refractivity (Wildman–Crippen MR) is 101 cm³/mol. The summed E-state index contributed by atoms with van der Waals surface area (Å²) in [4.78, 5) is 35.9. The van der Waals surface area contributed by atoms with Gasteiger partial charge in [-0.25, -0.2) is 0 Å². The van der Waals surface area contributed by atoms with E-state index in [9.17, 15) is 19.7 Å². The molecule has 0 spiro atoms. The van der Waals surface area contributed by atoms with E-state index in [2.05, 4.69) is 5.32 Å². The highest BCUT2D eigenvalue weighted by molar-refractivity contribution is 5.98. The summed E-state index contributed by atoms with van der Waals surface area (Å²) in [6.45, 7) is -0.161. The Hall–Kier alpha value is -3.68. The van der Waals surface area contributed by atoms with Gasteiger partial charge in [-0.05, 0) is 36.4 Å². The third-order valence-corrected chi connectivity index (χ3v) is 3.67. The van der Waals surface area contributed by atoms with E-state index in [-0.39, 0.29) is 18.1 Å². The average Bonchev–Trinajstić information content (AvgIpc) is 2.66. The van der Waals surface area contributed by atoms with Gasteiger partial charge in [0, 0.05) is 24.9 Å². The monoisotopic (exact) mass is 369 g/mol. The van der Waals surface area contributed by atoms with Crippen molar-refractivity contribution < 1.29 is 19.2 Å². The van der Waals surface area contributed by atoms with Crippen LogP contribution in [0.1, 0.15) is 5.56 Å². The third kappa shape index (κ3) is 5.67. The molecule has 2 rings (SSSR count). The highest BCUT2D eigenvalue weighted by Gasteiger charge is 2.13. The van der Waals surface area contributed by atoms with E-state index in [4.69, 9.17) is 4.74 Å². The SMILES string of the molecule is COc1ccc(NC(=O)CN(C)C(=O)/C=C/c2ccccc2[N+](=O)[O-])cc1. The van der Waals surface area contributed by atoms with E-state index >= 15 is 0 Å². The van der Waals surface area contributed by atoms with E-state index in [0.717, 1.165) is 0 Å². The Bertz CT molecular complexity index is 862. The van der Waals surface area contributed by atoms with Crippen molar-refractivity contribution in [3.63, 3.8) is 0 Å². The number of nitrogens with zero attached hydrogens (tertiary/aromatic N) is 2. The normalized spacial score (nSPS) is 10.4. The number of amides is 2. The number of hydrogen-bond acceptors (Lipinski definition) is 5. The van der Waals surface area contributed by atoms with Crippen LogP contribution in [0.25, 0.3) is 6.08 Å². The van der Waals surface area contributed by atoms with Gasteiger partial charge in [0.25, 0.3) is 5.69 Å². The maximum Gasteiger partial charge on any atom is 0.276 e. The molecule has 0 aliphatic heterocycles. The molecule has 1 N–H and O–H groups in total. The van der Waals surface area contributed by atoms with E-state index in [1.165, 1.54) is 36.2 Å². The van der Waals surface area contributed by atoms with Crippen LogP contribution in [0.15, 0.2) is 54.6 Å². The second-order valence-electron chi connectivity index (χ2n) is 5.62. The van der Waals surface area contributed by atoms with Gasteiger partial charge in [0.2, 0.25) is 11.8 Å². The molecule has 2 aromatic carbocycles. The molecule has 0 unspecified atom stereocenters. The lowest BCUT2D eigenvalue weighted by atomic mass is 10.1. The van der Waals surface area contributed by atoms with Crippen LogP contribution >= 0.6 is 0 Å². The smallest absolute Gasteiger partial charge is 0.276 e. The summed E-state index contributed by atoms with van der Waals surface area (Å²) in [5.74, 6) is -0.145. The van der Waals surface area contributed by atoms with Gasteiger partial charge in [0.05, 0.1) is 24.1 Å². The summed E-state index contributed by atoms with van der Waals surface area (Å²) >= 11 is 0. The molecule has 0 saturated heterocycles. The van der Waals surface area contributed by atoms with Crippen LogP contribution < -0.4 is 10.1 Å². The molecule has 2 aromatic rings. The lowest BCUT2D eigenvalue weighted by Gasteiger charge is -2.15. The molecular formula is C19H19N3O5. The lowest BCUT2D eigenvalue weighted by Crippen LogP contribution is -2.33. The second-order valence-corrected chi connectivity index (χ2v) is 5.62. The first-order chi connectivity index (χ1) is 12.9. The quantitative estimate of drug-likeness (QED) is 0.459. The number of nitro groups is 1. The Morgan fingerprint density at radius 2 is 1.85 bits per heavy atom. The van der Waals surface area contributed by atoms with Crippen molar-refractivity contribution in [2.45, 2.75) is 0 Å². The number of nitro benzene ring substituents is 1. The minimum absolute atomic E-state index is 0.0959. The van der Waals surface area contributed by atoms with Crippen molar-refractivity contribution >= 4 is 29.3 Å². The summed E-state index contributed by atoms with van der Waals surface area (Å²) in [6, 6.07) is 12.9. The van der Waals surface area contributed by atoms with Crippen molar-refractivity contribution in [3.8, 4) is 5.75 Å². The Morgan fingerprint density at radius 1 is 1.19 bits per heavy atom. The van der Waals surface area contributed by atoms with Crippen molar-refractivity contribution in [3.05, 3.63) is 70.3 Å². The van der Waals surface area contributed by atoms with Gasteiger partial charge in [-0.3, -0.25) is 19.7 Å². The Labute approximate surface area is 156 Å². The van der Waals surface area contributed by atoms with Gasteiger partial charge in [-0.2, -0.15) is 0 Å². The first-order valence-electron chi connectivity index (χ1n) is 8.01. The van der Waals surface area contributed by atoms with Crippen molar-refractivity contribution in [1.82, 2.24) is 4.90 Å². The number of hydrogen-bond donors (Lipinski definition) is 1. The maximum atomic E-state index is 12.1. The number of para-hydroxylation sites is 1. The Kier molecular flexibility index (Phi) is 6.65. The van der Waals surface area contributed by atoms with Crippen LogP contribution in [-0.4, -0.2) is 42.3 Å². The molecule has 0 radical (unpaired) electrons. The molecule has 0 aliphatic carbocycles. The number of anilines is 1. The van der Waals surface area contributed by atoms with Crippen molar-refractivity contribution in [1.29, 1.82) is 0 Å². The van der Waals surface area contributed by atoms with E-state index in [1.54, 1.807) is 43.5 Å². The third-order valence-electron chi connectivity index (χ3n) is 3.67. The average molecular weight is 369 g/mol. The summed E-state index contributed by atoms with van der Waals surface area (Å²) in [5.41, 5.74) is 0.797. The molecule has 0 aliphatic rings. The maximum absolute atomic E-state index is 12.1. The van der Waals surface area contributed by atoms with Gasteiger partial charge in [-0.1, -0.05) is 12.1 Å². The van der Waals surface area contributed by atoms with Gasteiger partial charge in [0.1, 0.15) is 5.75 Å². The number of carbonyl (C=O) groups is 2. The molecule has 0 saturated carbocycles. The number of ether oxygens (including phenoxy) is 1. The minimum atomic E-state index is -0.518. The first-order valence-corrected chi connectivity index (χ1v) is 8.01. The van der Waals surface area contributed by atoms with Gasteiger partial charge in [-0.15, -0.1) is 0 Å². The number of rotatable bonds is 7. The van der Waals surface area contributed by atoms with Gasteiger partial charge in [0.15, 0.2) is 0 Å². The number of carbonyl (C=O) groups excluding carboxylic acids is 2. The molecule has 8 heteroatoms. The molecule has 0 aromatic heterocycles. The fraction of sp³-hybridized carbons (Fsp3) is 0.158. The molecule has 27 heavy (non-hydrogen) atoms. The summed E-state index contributed by atoms with van der Waals surface area (Å²) in [6.07, 6.45) is 2.56. The van der Waals surface area contributed by atoms with Crippen LogP contribution in [0, 0.1) is 10.1 Å². The largest absolute Gasteiger partial charge is 0.497 e. The molecular weight excluding hydrogens is 350 g/mol. The molecule has 8 nitrogen and oxygen atoms in total. The predicted octanol–water partition coefficient (Wildman–Crippen LogP) is 2.71. The Morgan fingerprint density at radius 3 is 2.48 bits per heavy atom. The van der Waals surface area contributed by atoms with Crippen LogP contribution in [0.2, 0.25) is 0 Å². The fourth-order valence-electron chi connectivity index (χ4n) is 2.25. The standard InChI is InChI=1S/C19H19N3O5/c1-21(13-18(23)20-15-8-10-16(27-2)11-9-15)19(24)12-7-14-5-3-4-6-17(14)22(25)26/h3-12H,13H2,1-2H3,(H,20,23)/b12-7+. The van der Waals surface area contributed by atoms with Crippen LogP contribution in [-0.2, 0) is 9.59 Å². The molecule has 0 fully saturated rings. The van der Waals surface area contributed by atoms with Crippen LogP contribution in [0.3, 0.4) is 0 Å². The molecule has 2 amide bonds. The zero-order chi connectivity index (χ0) is 19.8. The topological polar surface area (TPSA) is 102 Å². The number of nitrogens with one attached hydrogen (secondary N) is 1. The molecule has 0 atom stereocenters. The number of methoxy groups -OCH3 is 1. The number of benzene rings is 2. The lowest BCUT2D eigenvalue weighted by molar-refractivity contribution is -0.385. The minimum Gasteiger partial charge on any atom is -0.497 e. The van der Waals surface area contributed by atoms with E-state index < -0.39 is 10.8 Å². The molecule has 140 valence electrons. The molecule has 0 heterocycles. The van der Waals surface area contributed by atoms with Crippen molar-refractivity contribution in [2.24, 2.45) is 0 Å². The van der Waals surface area contributed by atoms with Crippen LogP contribution in [0.4, 0.5) is 11.4 Å². The van der Waals surface area contributed by atoms with Crippen LogP contribution in [0.5, 0.6) is 5.75 Å².